The minimum absolute atomic E-state index is 0.0161. The predicted octanol–water partition coefficient (Wildman–Crippen LogP) is 2.52. The average molecular weight is 492 g/mol. The number of aliphatic carboxylic acids is 1. The number of carbonyl (C=O) groups excluding carboxylic acids is 2. The van der Waals surface area contributed by atoms with Crippen LogP contribution in [0.25, 0.3) is 10.4 Å². The summed E-state index contributed by atoms with van der Waals surface area (Å²) in [5, 5.41) is 15.9. The molecule has 12 heteroatoms. The number of benzene rings is 1. The molecule has 0 radical (unpaired) electrons. The molecule has 2 aliphatic rings. The van der Waals surface area contributed by atoms with E-state index in [4.69, 9.17) is 5.53 Å². The first-order valence-corrected chi connectivity index (χ1v) is 13.2. The summed E-state index contributed by atoms with van der Waals surface area (Å²) < 4.78 is 23.4. The normalized spacial score (nSPS) is 22.0. The van der Waals surface area contributed by atoms with Crippen molar-refractivity contribution in [3.8, 4) is 0 Å². The van der Waals surface area contributed by atoms with Crippen molar-refractivity contribution in [1.29, 1.82) is 0 Å². The number of sulfone groups is 1. The first-order valence-electron chi connectivity index (χ1n) is 11.3. The fourth-order valence-corrected chi connectivity index (χ4v) is 5.35. The molecule has 1 saturated heterocycles. The summed E-state index contributed by atoms with van der Waals surface area (Å²) in [5.41, 5.74) is 8.92. The number of azide groups is 1. The zero-order valence-electron chi connectivity index (χ0n) is 19.0. The van der Waals surface area contributed by atoms with E-state index >= 15 is 0 Å². The highest BCUT2D eigenvalue weighted by Crippen LogP contribution is 2.29. The Morgan fingerprint density at radius 3 is 2.41 bits per heavy atom. The molecule has 1 saturated carbocycles. The largest absolute Gasteiger partial charge is 0.480 e. The van der Waals surface area contributed by atoms with Gasteiger partial charge in [-0.15, -0.1) is 0 Å². The minimum atomic E-state index is -3.42. The summed E-state index contributed by atoms with van der Waals surface area (Å²) in [6.07, 6.45) is 6.50. The summed E-state index contributed by atoms with van der Waals surface area (Å²) in [5.74, 6) is -2.04. The third kappa shape index (κ3) is 6.27. The van der Waals surface area contributed by atoms with Gasteiger partial charge in [-0.1, -0.05) is 37.2 Å². The maximum Gasteiger partial charge on any atom is 0.326 e. The zero-order chi connectivity index (χ0) is 24.9. The second-order valence-electron chi connectivity index (χ2n) is 9.00. The van der Waals surface area contributed by atoms with Gasteiger partial charge in [0, 0.05) is 23.3 Å². The van der Waals surface area contributed by atoms with Gasteiger partial charge in [-0.05, 0) is 48.6 Å². The number of likely N-dealkylation sites (tertiary alicyclic amines) is 1. The molecule has 0 bridgehead atoms. The van der Waals surface area contributed by atoms with Crippen LogP contribution in [0.4, 0.5) is 0 Å². The molecule has 3 atom stereocenters. The molecular weight excluding hydrogens is 462 g/mol. The van der Waals surface area contributed by atoms with Gasteiger partial charge < -0.3 is 15.3 Å². The van der Waals surface area contributed by atoms with Crippen molar-refractivity contribution in [1.82, 2.24) is 10.2 Å². The van der Waals surface area contributed by atoms with Gasteiger partial charge in [0.15, 0.2) is 9.84 Å². The van der Waals surface area contributed by atoms with E-state index in [2.05, 4.69) is 15.3 Å². The van der Waals surface area contributed by atoms with Gasteiger partial charge in [0.25, 0.3) is 5.91 Å². The van der Waals surface area contributed by atoms with Crippen LogP contribution in [-0.2, 0) is 19.4 Å². The van der Waals surface area contributed by atoms with Crippen molar-refractivity contribution < 1.29 is 27.9 Å². The molecule has 2 fully saturated rings. The Balaban J connectivity index is 1.82. The Hall–Kier alpha value is -3.11. The molecule has 2 amide bonds. The standard InChI is InChI=1S/C22H29N5O6S/c1-34(32,33)17-9-7-15(8-10-17)20(28)24-18(11-14-5-3-2-4-6-14)21(29)27-13-16(25-26-23)12-19(27)22(30)31/h7-10,14,16,18-19H,2-6,11-13H2,1H3,(H,24,28)(H,30,31)/t16?,18-,19+/m1/s1. The van der Waals surface area contributed by atoms with Crippen molar-refractivity contribution in [2.45, 2.75) is 68.0 Å². The molecule has 1 aliphatic heterocycles. The number of carboxylic acid groups (broad SMARTS) is 1. The van der Waals surface area contributed by atoms with E-state index in [1.807, 2.05) is 0 Å². The van der Waals surface area contributed by atoms with Crippen LogP contribution in [0.2, 0.25) is 0 Å². The van der Waals surface area contributed by atoms with E-state index in [0.29, 0.717) is 6.42 Å². The molecule has 3 rings (SSSR count). The lowest BCUT2D eigenvalue weighted by Gasteiger charge is -2.31. The summed E-state index contributed by atoms with van der Waals surface area (Å²) in [4.78, 5) is 42.2. The van der Waals surface area contributed by atoms with Gasteiger partial charge in [0.05, 0.1) is 10.9 Å². The van der Waals surface area contributed by atoms with Crippen LogP contribution in [0.15, 0.2) is 34.3 Å². The quantitative estimate of drug-likeness (QED) is 0.321. The first-order chi connectivity index (χ1) is 16.1. The van der Waals surface area contributed by atoms with Crippen molar-refractivity contribution in [2.75, 3.05) is 12.8 Å². The highest BCUT2D eigenvalue weighted by atomic mass is 32.2. The smallest absolute Gasteiger partial charge is 0.326 e. The molecule has 0 aromatic heterocycles. The average Bonchev–Trinajstić information content (AvgIpc) is 3.23. The fourth-order valence-electron chi connectivity index (χ4n) is 4.72. The van der Waals surface area contributed by atoms with Crippen LogP contribution in [0.3, 0.4) is 0 Å². The number of amides is 2. The SMILES string of the molecule is CS(=O)(=O)c1ccc(C(=O)N[C@H](CC2CCCCC2)C(=O)N2CC(N=[N+]=[N-])C[C@H]2C(=O)O)cc1. The number of hydrogen-bond acceptors (Lipinski definition) is 6. The molecule has 1 unspecified atom stereocenters. The monoisotopic (exact) mass is 491 g/mol. The summed E-state index contributed by atoms with van der Waals surface area (Å²) in [6, 6.07) is 2.67. The number of rotatable bonds is 8. The lowest BCUT2D eigenvalue weighted by atomic mass is 9.84. The maximum atomic E-state index is 13.5. The molecular formula is C22H29N5O6S. The van der Waals surface area contributed by atoms with E-state index in [-0.39, 0.29) is 29.3 Å². The third-order valence-corrected chi connectivity index (χ3v) is 7.63. The van der Waals surface area contributed by atoms with Gasteiger partial charge in [0.2, 0.25) is 5.91 Å². The van der Waals surface area contributed by atoms with Crippen LogP contribution >= 0.6 is 0 Å². The van der Waals surface area contributed by atoms with Crippen LogP contribution in [0.1, 0.15) is 55.3 Å². The Morgan fingerprint density at radius 2 is 1.85 bits per heavy atom. The minimum Gasteiger partial charge on any atom is -0.480 e. The van der Waals surface area contributed by atoms with Gasteiger partial charge in [0.1, 0.15) is 12.1 Å². The summed E-state index contributed by atoms with van der Waals surface area (Å²) in [6.45, 7) is -0.0278. The zero-order valence-corrected chi connectivity index (χ0v) is 19.8. The second-order valence-corrected chi connectivity index (χ2v) is 11.0. The van der Waals surface area contributed by atoms with Crippen molar-refractivity contribution >= 4 is 27.6 Å². The third-order valence-electron chi connectivity index (χ3n) is 6.50. The number of nitrogens with one attached hydrogen (secondary N) is 1. The lowest BCUT2D eigenvalue weighted by molar-refractivity contribution is -0.149. The van der Waals surface area contributed by atoms with Gasteiger partial charge >= 0.3 is 5.97 Å². The van der Waals surface area contributed by atoms with Crippen LogP contribution < -0.4 is 5.32 Å². The van der Waals surface area contributed by atoms with Crippen molar-refractivity contribution in [3.63, 3.8) is 0 Å². The Kier molecular flexibility index (Phi) is 8.16. The molecule has 11 nitrogen and oxygen atoms in total. The van der Waals surface area contributed by atoms with E-state index < -0.39 is 45.7 Å². The highest BCUT2D eigenvalue weighted by Gasteiger charge is 2.42. The molecule has 1 aromatic carbocycles. The van der Waals surface area contributed by atoms with Crippen LogP contribution in [0.5, 0.6) is 0 Å². The molecule has 1 aliphatic carbocycles. The fraction of sp³-hybridized carbons (Fsp3) is 0.591. The summed E-state index contributed by atoms with van der Waals surface area (Å²) >= 11 is 0. The van der Waals surface area contributed by atoms with Crippen LogP contribution in [0, 0.1) is 5.92 Å². The van der Waals surface area contributed by atoms with Gasteiger partial charge in [-0.2, -0.15) is 0 Å². The molecule has 1 aromatic rings. The first kappa shape index (κ1) is 25.5. The number of hydrogen-bond donors (Lipinski definition) is 2. The molecule has 34 heavy (non-hydrogen) atoms. The lowest BCUT2D eigenvalue weighted by Crippen LogP contribution is -2.52. The van der Waals surface area contributed by atoms with Crippen molar-refractivity contribution in [2.24, 2.45) is 11.0 Å². The van der Waals surface area contributed by atoms with E-state index in [0.717, 1.165) is 38.4 Å². The van der Waals surface area contributed by atoms with Crippen molar-refractivity contribution in [3.05, 3.63) is 40.3 Å². The Morgan fingerprint density at radius 1 is 1.21 bits per heavy atom. The molecule has 1 heterocycles. The number of carbonyl (C=O) groups is 3. The number of nitrogens with zero attached hydrogens (tertiary/aromatic N) is 4. The van der Waals surface area contributed by atoms with Crippen LogP contribution in [-0.4, -0.2) is 67.1 Å². The second kappa shape index (κ2) is 10.9. The van der Waals surface area contributed by atoms with E-state index in [9.17, 15) is 27.9 Å². The predicted molar refractivity (Wildman–Crippen MR) is 123 cm³/mol. The molecule has 2 N–H and O–H groups in total. The topological polar surface area (TPSA) is 170 Å². The number of carboxylic acids is 1. The molecule has 0 spiro atoms. The van der Waals surface area contributed by atoms with E-state index in [1.165, 1.54) is 29.2 Å². The van der Waals surface area contributed by atoms with Gasteiger partial charge in [-0.3, -0.25) is 9.59 Å². The Bertz CT molecular complexity index is 1080. The summed E-state index contributed by atoms with van der Waals surface area (Å²) in [7, 11) is -3.42. The molecule has 184 valence electrons. The highest BCUT2D eigenvalue weighted by molar-refractivity contribution is 7.90. The Labute approximate surface area is 198 Å². The maximum absolute atomic E-state index is 13.5. The van der Waals surface area contributed by atoms with E-state index in [1.54, 1.807) is 0 Å². The van der Waals surface area contributed by atoms with Gasteiger partial charge in [-0.25, -0.2) is 13.2 Å².